The SMILES string of the molecule is CN(Cc1ccc(Br)c2cccnc12)[C@H]1CCOC1. The molecule has 2 aromatic rings. The van der Waals surface area contributed by atoms with Crippen LogP contribution in [-0.2, 0) is 11.3 Å². The fraction of sp³-hybridized carbons (Fsp3) is 0.400. The molecule has 0 N–H and O–H groups in total. The van der Waals surface area contributed by atoms with E-state index in [1.165, 1.54) is 10.9 Å². The summed E-state index contributed by atoms with van der Waals surface area (Å²) in [6.45, 7) is 2.64. The molecule has 3 rings (SSSR count). The molecule has 100 valence electrons. The number of benzene rings is 1. The molecule has 1 saturated heterocycles. The predicted octanol–water partition coefficient (Wildman–Crippen LogP) is 3.22. The highest BCUT2D eigenvalue weighted by molar-refractivity contribution is 9.10. The molecule has 1 aliphatic heterocycles. The largest absolute Gasteiger partial charge is 0.380 e. The van der Waals surface area contributed by atoms with Crippen molar-refractivity contribution in [3.8, 4) is 0 Å². The van der Waals surface area contributed by atoms with E-state index in [1.807, 2.05) is 12.3 Å². The van der Waals surface area contributed by atoms with Gasteiger partial charge in [0.1, 0.15) is 0 Å². The Balaban J connectivity index is 1.90. The molecule has 0 radical (unpaired) electrons. The van der Waals surface area contributed by atoms with Crippen LogP contribution in [-0.4, -0.2) is 36.2 Å². The van der Waals surface area contributed by atoms with Gasteiger partial charge in [-0.3, -0.25) is 9.88 Å². The highest BCUT2D eigenvalue weighted by Gasteiger charge is 2.20. The highest BCUT2D eigenvalue weighted by Crippen LogP contribution is 2.26. The zero-order valence-electron chi connectivity index (χ0n) is 11.0. The first-order valence-corrected chi connectivity index (χ1v) is 7.35. The number of fused-ring (bicyclic) bond motifs is 1. The monoisotopic (exact) mass is 320 g/mol. The van der Waals surface area contributed by atoms with E-state index in [2.05, 4.69) is 51.1 Å². The summed E-state index contributed by atoms with van der Waals surface area (Å²) in [6, 6.07) is 8.88. The summed E-state index contributed by atoms with van der Waals surface area (Å²) in [7, 11) is 2.16. The van der Waals surface area contributed by atoms with Gasteiger partial charge in [-0.05, 0) is 31.2 Å². The van der Waals surface area contributed by atoms with Gasteiger partial charge >= 0.3 is 0 Å². The number of ether oxygens (including phenoxy) is 1. The fourth-order valence-corrected chi connectivity index (χ4v) is 3.04. The van der Waals surface area contributed by atoms with Crippen molar-refractivity contribution < 1.29 is 4.74 Å². The van der Waals surface area contributed by atoms with Crippen LogP contribution in [0.3, 0.4) is 0 Å². The van der Waals surface area contributed by atoms with Crippen LogP contribution in [0.4, 0.5) is 0 Å². The van der Waals surface area contributed by atoms with E-state index >= 15 is 0 Å². The molecule has 0 saturated carbocycles. The molecule has 4 heteroatoms. The maximum atomic E-state index is 5.46. The lowest BCUT2D eigenvalue weighted by atomic mass is 10.1. The Labute approximate surface area is 121 Å². The summed E-state index contributed by atoms with van der Waals surface area (Å²) >= 11 is 3.59. The molecule has 3 nitrogen and oxygen atoms in total. The van der Waals surface area contributed by atoms with Crippen molar-refractivity contribution in [2.75, 3.05) is 20.3 Å². The van der Waals surface area contributed by atoms with Crippen molar-refractivity contribution in [3.63, 3.8) is 0 Å². The molecule has 0 spiro atoms. The molecule has 19 heavy (non-hydrogen) atoms. The minimum absolute atomic E-state index is 0.530. The standard InChI is InChI=1S/C15H17BrN2O/c1-18(12-6-8-19-10-12)9-11-4-5-14(16)13-3-2-7-17-15(11)13/h2-5,7,12H,6,8-10H2,1H3/t12-/m0/s1. The summed E-state index contributed by atoms with van der Waals surface area (Å²) in [5.41, 5.74) is 2.36. The van der Waals surface area contributed by atoms with Crippen LogP contribution in [0.15, 0.2) is 34.9 Å². The maximum Gasteiger partial charge on any atom is 0.0758 e. The van der Waals surface area contributed by atoms with Crippen LogP contribution in [0.1, 0.15) is 12.0 Å². The van der Waals surface area contributed by atoms with E-state index in [4.69, 9.17) is 4.74 Å². The Morgan fingerprint density at radius 1 is 1.42 bits per heavy atom. The molecular formula is C15H17BrN2O. The third-order valence-corrected chi connectivity index (χ3v) is 4.44. The Bertz CT molecular complexity index is 581. The minimum Gasteiger partial charge on any atom is -0.380 e. The molecule has 0 bridgehead atoms. The van der Waals surface area contributed by atoms with E-state index in [0.717, 1.165) is 36.2 Å². The van der Waals surface area contributed by atoms with E-state index in [0.29, 0.717) is 6.04 Å². The van der Waals surface area contributed by atoms with Gasteiger partial charge in [-0.1, -0.05) is 28.1 Å². The number of rotatable bonds is 3. The van der Waals surface area contributed by atoms with Gasteiger partial charge in [0.25, 0.3) is 0 Å². The number of likely N-dealkylation sites (N-methyl/N-ethyl adjacent to an activating group) is 1. The lowest BCUT2D eigenvalue weighted by molar-refractivity contribution is 0.156. The van der Waals surface area contributed by atoms with Gasteiger partial charge in [0.05, 0.1) is 12.1 Å². The molecule has 1 aromatic carbocycles. The van der Waals surface area contributed by atoms with Crippen molar-refractivity contribution >= 4 is 26.8 Å². The van der Waals surface area contributed by atoms with E-state index in [1.54, 1.807) is 0 Å². The van der Waals surface area contributed by atoms with E-state index < -0.39 is 0 Å². The van der Waals surface area contributed by atoms with Crippen molar-refractivity contribution in [1.29, 1.82) is 0 Å². The van der Waals surface area contributed by atoms with Gasteiger partial charge < -0.3 is 4.74 Å². The van der Waals surface area contributed by atoms with Crippen LogP contribution >= 0.6 is 15.9 Å². The third kappa shape index (κ3) is 2.66. The number of hydrogen-bond acceptors (Lipinski definition) is 3. The van der Waals surface area contributed by atoms with Crippen molar-refractivity contribution in [2.24, 2.45) is 0 Å². The van der Waals surface area contributed by atoms with Crippen molar-refractivity contribution in [2.45, 2.75) is 19.0 Å². The Hall–Kier alpha value is -0.970. The number of hydrogen-bond donors (Lipinski definition) is 0. The second kappa shape index (κ2) is 5.57. The maximum absolute atomic E-state index is 5.46. The first kappa shape index (κ1) is 13.0. The normalized spacial score (nSPS) is 19.4. The van der Waals surface area contributed by atoms with Gasteiger partial charge in [-0.15, -0.1) is 0 Å². The molecular weight excluding hydrogens is 304 g/mol. The second-order valence-electron chi connectivity index (χ2n) is 5.04. The number of pyridine rings is 1. The van der Waals surface area contributed by atoms with E-state index in [-0.39, 0.29) is 0 Å². The smallest absolute Gasteiger partial charge is 0.0758 e. The molecule has 1 aromatic heterocycles. The summed E-state index contributed by atoms with van der Waals surface area (Å²) in [5.74, 6) is 0. The minimum atomic E-state index is 0.530. The van der Waals surface area contributed by atoms with Crippen LogP contribution in [0.25, 0.3) is 10.9 Å². The zero-order chi connectivity index (χ0) is 13.2. The summed E-state index contributed by atoms with van der Waals surface area (Å²) in [5, 5.41) is 1.18. The predicted molar refractivity (Wildman–Crippen MR) is 80.1 cm³/mol. The van der Waals surface area contributed by atoms with Gasteiger partial charge in [0.2, 0.25) is 0 Å². The average Bonchev–Trinajstić information content (AvgIpc) is 2.96. The molecule has 1 aliphatic rings. The fourth-order valence-electron chi connectivity index (χ4n) is 2.59. The molecule has 2 heterocycles. The topological polar surface area (TPSA) is 25.4 Å². The molecule has 1 atom stereocenters. The number of aromatic nitrogens is 1. The van der Waals surface area contributed by atoms with Crippen molar-refractivity contribution in [3.05, 3.63) is 40.5 Å². The van der Waals surface area contributed by atoms with Crippen LogP contribution < -0.4 is 0 Å². The average molecular weight is 321 g/mol. The highest BCUT2D eigenvalue weighted by atomic mass is 79.9. The summed E-state index contributed by atoms with van der Waals surface area (Å²) < 4.78 is 6.56. The lowest BCUT2D eigenvalue weighted by Gasteiger charge is -2.23. The molecule has 0 aliphatic carbocycles. The molecule has 1 fully saturated rings. The second-order valence-corrected chi connectivity index (χ2v) is 5.89. The quantitative estimate of drug-likeness (QED) is 0.868. The Morgan fingerprint density at radius 2 is 2.32 bits per heavy atom. The van der Waals surface area contributed by atoms with Gasteiger partial charge in [-0.25, -0.2) is 0 Å². The van der Waals surface area contributed by atoms with Gasteiger partial charge in [0.15, 0.2) is 0 Å². The van der Waals surface area contributed by atoms with Crippen molar-refractivity contribution in [1.82, 2.24) is 9.88 Å². The van der Waals surface area contributed by atoms with E-state index in [9.17, 15) is 0 Å². The Morgan fingerprint density at radius 3 is 3.11 bits per heavy atom. The van der Waals surface area contributed by atoms with Crippen LogP contribution in [0.5, 0.6) is 0 Å². The Kier molecular flexibility index (Phi) is 3.82. The van der Waals surface area contributed by atoms with Gasteiger partial charge in [0, 0.05) is 35.2 Å². The molecule has 0 amide bonds. The summed E-state index contributed by atoms with van der Waals surface area (Å²) in [6.07, 6.45) is 2.98. The first-order chi connectivity index (χ1) is 9.25. The molecule has 0 unspecified atom stereocenters. The summed E-state index contributed by atoms with van der Waals surface area (Å²) in [4.78, 5) is 6.90. The lowest BCUT2D eigenvalue weighted by Crippen LogP contribution is -2.31. The number of nitrogens with zero attached hydrogens (tertiary/aromatic N) is 2. The zero-order valence-corrected chi connectivity index (χ0v) is 12.6. The van der Waals surface area contributed by atoms with Crippen LogP contribution in [0, 0.1) is 0 Å². The van der Waals surface area contributed by atoms with Gasteiger partial charge in [-0.2, -0.15) is 0 Å². The number of halogens is 1. The first-order valence-electron chi connectivity index (χ1n) is 6.56. The van der Waals surface area contributed by atoms with Crippen LogP contribution in [0.2, 0.25) is 0 Å². The third-order valence-electron chi connectivity index (χ3n) is 3.75.